The molecular formula is C14H28N2O. The molecule has 1 heterocycles. The molecule has 0 aromatic rings. The first-order chi connectivity index (χ1) is 8.13. The predicted molar refractivity (Wildman–Crippen MR) is 71.1 cm³/mol. The molecule has 100 valence electrons. The van der Waals surface area contributed by atoms with E-state index in [1.807, 2.05) is 0 Å². The van der Waals surface area contributed by atoms with Crippen LogP contribution in [0.3, 0.4) is 0 Å². The molecule has 1 aliphatic carbocycles. The number of nitrogens with zero attached hydrogens (tertiary/aromatic N) is 1. The van der Waals surface area contributed by atoms with Crippen LogP contribution in [0.2, 0.25) is 0 Å². The lowest BCUT2D eigenvalue weighted by atomic mass is 9.86. The van der Waals surface area contributed by atoms with Gasteiger partial charge >= 0.3 is 0 Å². The minimum Gasteiger partial charge on any atom is -0.395 e. The summed E-state index contributed by atoms with van der Waals surface area (Å²) in [6, 6.07) is 1.31. The highest BCUT2D eigenvalue weighted by molar-refractivity contribution is 4.93. The van der Waals surface area contributed by atoms with Crippen molar-refractivity contribution in [3.63, 3.8) is 0 Å². The van der Waals surface area contributed by atoms with Crippen molar-refractivity contribution in [2.45, 2.75) is 58.0 Å². The summed E-state index contributed by atoms with van der Waals surface area (Å²) >= 11 is 0. The van der Waals surface area contributed by atoms with Gasteiger partial charge in [-0.3, -0.25) is 4.90 Å². The molecule has 0 bridgehead atoms. The van der Waals surface area contributed by atoms with Crippen LogP contribution in [0.5, 0.6) is 0 Å². The van der Waals surface area contributed by atoms with Crippen molar-refractivity contribution in [3.05, 3.63) is 0 Å². The van der Waals surface area contributed by atoms with Gasteiger partial charge in [-0.25, -0.2) is 0 Å². The zero-order valence-corrected chi connectivity index (χ0v) is 11.4. The van der Waals surface area contributed by atoms with Crippen LogP contribution in [0, 0.1) is 5.41 Å². The summed E-state index contributed by atoms with van der Waals surface area (Å²) in [6.07, 6.45) is 6.59. The van der Waals surface area contributed by atoms with Crippen molar-refractivity contribution in [2.24, 2.45) is 5.41 Å². The average molecular weight is 240 g/mol. The van der Waals surface area contributed by atoms with Crippen molar-refractivity contribution in [3.8, 4) is 0 Å². The third kappa shape index (κ3) is 3.21. The van der Waals surface area contributed by atoms with Crippen LogP contribution in [0.4, 0.5) is 0 Å². The second-order valence-electron chi connectivity index (χ2n) is 6.41. The Labute approximate surface area is 106 Å². The minimum atomic E-state index is 0.291. The fourth-order valence-corrected chi connectivity index (χ4v) is 3.68. The molecule has 1 saturated heterocycles. The molecule has 0 amide bonds. The van der Waals surface area contributed by atoms with Gasteiger partial charge in [-0.2, -0.15) is 0 Å². The lowest BCUT2D eigenvalue weighted by Gasteiger charge is -2.38. The topological polar surface area (TPSA) is 35.5 Å². The van der Waals surface area contributed by atoms with Crippen LogP contribution >= 0.6 is 0 Å². The Kier molecular flexibility index (Phi) is 4.45. The highest BCUT2D eigenvalue weighted by Gasteiger charge is 2.38. The van der Waals surface area contributed by atoms with Crippen LogP contribution < -0.4 is 5.32 Å². The van der Waals surface area contributed by atoms with E-state index >= 15 is 0 Å². The van der Waals surface area contributed by atoms with Crippen LogP contribution in [0.15, 0.2) is 0 Å². The van der Waals surface area contributed by atoms with Crippen molar-refractivity contribution in [2.75, 3.05) is 26.2 Å². The Balaban J connectivity index is 1.95. The summed E-state index contributed by atoms with van der Waals surface area (Å²) in [5, 5.41) is 12.9. The lowest BCUT2D eigenvalue weighted by Crippen LogP contribution is -2.48. The molecule has 0 spiro atoms. The summed E-state index contributed by atoms with van der Waals surface area (Å²) in [5.41, 5.74) is 0.424. The Morgan fingerprint density at radius 2 is 2.12 bits per heavy atom. The molecule has 2 fully saturated rings. The molecule has 2 N–H and O–H groups in total. The summed E-state index contributed by atoms with van der Waals surface area (Å²) in [5.74, 6) is 0. The van der Waals surface area contributed by atoms with Gasteiger partial charge in [-0.1, -0.05) is 20.3 Å². The molecule has 1 aliphatic heterocycles. The molecule has 2 aliphatic rings. The molecule has 2 atom stereocenters. The summed E-state index contributed by atoms with van der Waals surface area (Å²) in [6.45, 7) is 8.19. The van der Waals surface area contributed by atoms with E-state index in [1.165, 1.54) is 38.6 Å². The van der Waals surface area contributed by atoms with Gasteiger partial charge in [-0.15, -0.1) is 0 Å². The van der Waals surface area contributed by atoms with E-state index in [-0.39, 0.29) is 0 Å². The van der Waals surface area contributed by atoms with Gasteiger partial charge in [0.05, 0.1) is 6.61 Å². The molecular weight excluding hydrogens is 212 g/mol. The second kappa shape index (κ2) is 5.68. The van der Waals surface area contributed by atoms with Crippen LogP contribution in [0.25, 0.3) is 0 Å². The van der Waals surface area contributed by atoms with Crippen molar-refractivity contribution >= 4 is 0 Å². The maximum Gasteiger partial charge on any atom is 0.0558 e. The SMILES string of the molecule is CC1(C)CCCC1N(CCO)CC1CCCN1. The number of nitrogens with one attached hydrogen (secondary N) is 1. The predicted octanol–water partition coefficient (Wildman–Crippen LogP) is 1.61. The Hall–Kier alpha value is -0.120. The lowest BCUT2D eigenvalue weighted by molar-refractivity contribution is 0.0833. The number of aliphatic hydroxyl groups excluding tert-OH is 1. The van der Waals surface area contributed by atoms with Crippen molar-refractivity contribution in [1.82, 2.24) is 10.2 Å². The first-order valence-corrected chi connectivity index (χ1v) is 7.22. The fourth-order valence-electron chi connectivity index (χ4n) is 3.68. The van der Waals surface area contributed by atoms with E-state index in [2.05, 4.69) is 24.1 Å². The highest BCUT2D eigenvalue weighted by atomic mass is 16.3. The third-order valence-electron chi connectivity index (χ3n) is 4.65. The van der Waals surface area contributed by atoms with Crippen molar-refractivity contribution < 1.29 is 5.11 Å². The van der Waals surface area contributed by atoms with E-state index in [0.717, 1.165) is 13.1 Å². The quantitative estimate of drug-likeness (QED) is 0.766. The number of hydrogen-bond donors (Lipinski definition) is 2. The molecule has 1 saturated carbocycles. The molecule has 0 aromatic heterocycles. The average Bonchev–Trinajstić information content (AvgIpc) is 2.86. The second-order valence-corrected chi connectivity index (χ2v) is 6.41. The van der Waals surface area contributed by atoms with Gasteiger partial charge in [-0.05, 0) is 37.6 Å². The molecule has 0 radical (unpaired) electrons. The highest BCUT2D eigenvalue weighted by Crippen LogP contribution is 2.40. The van der Waals surface area contributed by atoms with E-state index in [4.69, 9.17) is 0 Å². The molecule has 3 heteroatoms. The minimum absolute atomic E-state index is 0.291. The van der Waals surface area contributed by atoms with Crippen LogP contribution in [-0.4, -0.2) is 48.3 Å². The van der Waals surface area contributed by atoms with Gasteiger partial charge in [0.25, 0.3) is 0 Å². The van der Waals surface area contributed by atoms with Gasteiger partial charge in [0.2, 0.25) is 0 Å². The maximum atomic E-state index is 9.28. The van der Waals surface area contributed by atoms with E-state index in [0.29, 0.717) is 24.1 Å². The molecule has 2 rings (SSSR count). The van der Waals surface area contributed by atoms with E-state index in [1.54, 1.807) is 0 Å². The van der Waals surface area contributed by atoms with E-state index in [9.17, 15) is 5.11 Å². The largest absolute Gasteiger partial charge is 0.395 e. The van der Waals surface area contributed by atoms with Gasteiger partial charge in [0.15, 0.2) is 0 Å². The third-order valence-corrected chi connectivity index (χ3v) is 4.65. The number of rotatable bonds is 5. The Morgan fingerprint density at radius 1 is 1.29 bits per heavy atom. The zero-order chi connectivity index (χ0) is 12.3. The van der Waals surface area contributed by atoms with Gasteiger partial charge in [0.1, 0.15) is 0 Å². The van der Waals surface area contributed by atoms with Gasteiger partial charge in [0, 0.05) is 25.2 Å². The van der Waals surface area contributed by atoms with Crippen LogP contribution in [0.1, 0.15) is 46.0 Å². The van der Waals surface area contributed by atoms with Crippen LogP contribution in [-0.2, 0) is 0 Å². The van der Waals surface area contributed by atoms with Crippen molar-refractivity contribution in [1.29, 1.82) is 0 Å². The summed E-state index contributed by atoms with van der Waals surface area (Å²) in [7, 11) is 0. The standard InChI is InChI=1S/C14H28N2O/c1-14(2)7-3-6-13(14)16(9-10-17)11-12-5-4-8-15-12/h12-13,15,17H,3-11H2,1-2H3. The molecule has 2 unspecified atom stereocenters. The van der Waals surface area contributed by atoms with Gasteiger partial charge < -0.3 is 10.4 Å². The Bertz CT molecular complexity index is 236. The number of hydrogen-bond acceptors (Lipinski definition) is 3. The summed E-state index contributed by atoms with van der Waals surface area (Å²) < 4.78 is 0. The monoisotopic (exact) mass is 240 g/mol. The van der Waals surface area contributed by atoms with E-state index < -0.39 is 0 Å². The maximum absolute atomic E-state index is 9.28. The summed E-state index contributed by atoms with van der Waals surface area (Å²) in [4.78, 5) is 2.54. The first-order valence-electron chi connectivity index (χ1n) is 7.22. The smallest absolute Gasteiger partial charge is 0.0558 e. The normalized spacial score (nSPS) is 32.5. The fraction of sp³-hybridized carbons (Fsp3) is 1.00. The first kappa shape index (κ1) is 13.3. The number of aliphatic hydroxyl groups is 1. The molecule has 3 nitrogen and oxygen atoms in total. The Morgan fingerprint density at radius 3 is 2.65 bits per heavy atom. The molecule has 17 heavy (non-hydrogen) atoms. The molecule has 0 aromatic carbocycles. The zero-order valence-electron chi connectivity index (χ0n) is 11.4.